The summed E-state index contributed by atoms with van der Waals surface area (Å²) in [5, 5.41) is 3.41. The zero-order chi connectivity index (χ0) is 13.7. The van der Waals surface area contributed by atoms with Crippen LogP contribution in [0.2, 0.25) is 0 Å². The number of hydrogen-bond donors (Lipinski definition) is 1. The number of nitrogens with one attached hydrogen (secondary N) is 1. The number of piperazine rings is 1. The lowest BCUT2D eigenvalue weighted by molar-refractivity contribution is 0.165. The quantitative estimate of drug-likeness (QED) is 0.899. The fraction of sp³-hybridized carbons (Fsp3) is 0.600. The lowest BCUT2D eigenvalue weighted by Gasteiger charge is -2.35. The standard InChI is InChI=1S/C15H23BrN2O/c1-3-14(18-9-7-17-8-10-18)13-11-12(16)5-6-15(13)19-4-2/h5-6,11,14,17H,3-4,7-10H2,1-2H3/t14-/m1/s1. The van der Waals surface area contributed by atoms with E-state index in [4.69, 9.17) is 4.74 Å². The predicted octanol–water partition coefficient (Wildman–Crippen LogP) is 3.20. The summed E-state index contributed by atoms with van der Waals surface area (Å²) in [5.74, 6) is 1.02. The van der Waals surface area contributed by atoms with Crippen LogP contribution in [0.1, 0.15) is 31.9 Å². The molecule has 106 valence electrons. The average Bonchev–Trinajstić information content (AvgIpc) is 2.44. The summed E-state index contributed by atoms with van der Waals surface area (Å²) in [4.78, 5) is 2.56. The summed E-state index contributed by atoms with van der Waals surface area (Å²) >= 11 is 3.58. The summed E-state index contributed by atoms with van der Waals surface area (Å²) in [6, 6.07) is 6.79. The molecule has 1 aromatic rings. The van der Waals surface area contributed by atoms with Gasteiger partial charge in [-0.1, -0.05) is 22.9 Å². The fourth-order valence-corrected chi connectivity index (χ4v) is 3.11. The normalized spacial score (nSPS) is 18.3. The monoisotopic (exact) mass is 326 g/mol. The van der Waals surface area contributed by atoms with Crippen molar-refractivity contribution in [2.45, 2.75) is 26.3 Å². The molecule has 0 spiro atoms. The third-order valence-electron chi connectivity index (χ3n) is 3.61. The Hall–Kier alpha value is -0.580. The molecule has 1 saturated heterocycles. The zero-order valence-corrected chi connectivity index (χ0v) is 13.4. The highest BCUT2D eigenvalue weighted by molar-refractivity contribution is 9.10. The van der Waals surface area contributed by atoms with Gasteiger partial charge >= 0.3 is 0 Å². The molecule has 19 heavy (non-hydrogen) atoms. The Kier molecular flexibility index (Phi) is 5.67. The van der Waals surface area contributed by atoms with Gasteiger partial charge in [0.05, 0.1) is 6.61 Å². The zero-order valence-electron chi connectivity index (χ0n) is 11.8. The minimum atomic E-state index is 0.446. The van der Waals surface area contributed by atoms with Crippen molar-refractivity contribution in [3.63, 3.8) is 0 Å². The first-order valence-corrected chi connectivity index (χ1v) is 7.92. The largest absolute Gasteiger partial charge is 0.494 e. The number of rotatable bonds is 5. The van der Waals surface area contributed by atoms with E-state index in [9.17, 15) is 0 Å². The van der Waals surface area contributed by atoms with E-state index in [0.29, 0.717) is 12.6 Å². The van der Waals surface area contributed by atoms with E-state index in [0.717, 1.165) is 42.8 Å². The number of nitrogens with zero attached hydrogens (tertiary/aromatic N) is 1. The van der Waals surface area contributed by atoms with E-state index in [-0.39, 0.29) is 0 Å². The molecule has 0 amide bonds. The van der Waals surface area contributed by atoms with Gasteiger partial charge in [0.15, 0.2) is 0 Å². The maximum atomic E-state index is 5.80. The Morgan fingerprint density at radius 1 is 1.32 bits per heavy atom. The fourth-order valence-electron chi connectivity index (χ4n) is 2.74. The molecule has 1 heterocycles. The Bertz CT molecular complexity index is 405. The number of ether oxygens (including phenoxy) is 1. The van der Waals surface area contributed by atoms with E-state index < -0.39 is 0 Å². The molecule has 1 fully saturated rings. The van der Waals surface area contributed by atoms with Crippen molar-refractivity contribution in [1.29, 1.82) is 0 Å². The van der Waals surface area contributed by atoms with Gasteiger partial charge in [-0.3, -0.25) is 4.90 Å². The third-order valence-corrected chi connectivity index (χ3v) is 4.10. The molecule has 3 nitrogen and oxygen atoms in total. The molecule has 1 aliphatic rings. The maximum absolute atomic E-state index is 5.80. The SMILES string of the molecule is CCOc1ccc(Br)cc1[C@@H](CC)N1CCNCC1. The molecule has 0 aromatic heterocycles. The highest BCUT2D eigenvalue weighted by Gasteiger charge is 2.23. The number of hydrogen-bond acceptors (Lipinski definition) is 3. The summed E-state index contributed by atoms with van der Waals surface area (Å²) in [5.41, 5.74) is 1.31. The minimum absolute atomic E-state index is 0.446. The van der Waals surface area contributed by atoms with E-state index in [2.05, 4.69) is 51.3 Å². The van der Waals surface area contributed by atoms with Gasteiger partial charge in [-0.15, -0.1) is 0 Å². The first-order valence-electron chi connectivity index (χ1n) is 7.13. The molecule has 1 aromatic carbocycles. The molecule has 0 radical (unpaired) electrons. The van der Waals surface area contributed by atoms with Gasteiger partial charge in [-0.05, 0) is 31.5 Å². The molecule has 0 saturated carbocycles. The highest BCUT2D eigenvalue weighted by atomic mass is 79.9. The van der Waals surface area contributed by atoms with E-state index >= 15 is 0 Å². The topological polar surface area (TPSA) is 24.5 Å². The second-order valence-corrected chi connectivity index (χ2v) is 5.74. The predicted molar refractivity (Wildman–Crippen MR) is 82.8 cm³/mol. The molecule has 0 unspecified atom stereocenters. The summed E-state index contributed by atoms with van der Waals surface area (Å²) in [7, 11) is 0. The van der Waals surface area contributed by atoms with Crippen LogP contribution < -0.4 is 10.1 Å². The van der Waals surface area contributed by atoms with E-state index in [1.165, 1.54) is 5.56 Å². The lowest BCUT2D eigenvalue weighted by Crippen LogP contribution is -2.45. The van der Waals surface area contributed by atoms with Crippen LogP contribution in [0.25, 0.3) is 0 Å². The molecule has 1 aliphatic heterocycles. The van der Waals surface area contributed by atoms with Gasteiger partial charge in [0.25, 0.3) is 0 Å². The van der Waals surface area contributed by atoms with Crippen LogP contribution in [-0.2, 0) is 0 Å². The Balaban J connectivity index is 2.27. The van der Waals surface area contributed by atoms with Gasteiger partial charge in [0, 0.05) is 42.3 Å². The number of benzene rings is 1. The van der Waals surface area contributed by atoms with Gasteiger partial charge < -0.3 is 10.1 Å². The van der Waals surface area contributed by atoms with Gasteiger partial charge in [0.1, 0.15) is 5.75 Å². The molecular weight excluding hydrogens is 304 g/mol. The van der Waals surface area contributed by atoms with Crippen LogP contribution >= 0.6 is 15.9 Å². The number of halogens is 1. The molecule has 1 atom stereocenters. The second-order valence-electron chi connectivity index (χ2n) is 4.83. The van der Waals surface area contributed by atoms with Crippen LogP contribution in [0.4, 0.5) is 0 Å². The van der Waals surface area contributed by atoms with E-state index in [1.807, 2.05) is 6.92 Å². The van der Waals surface area contributed by atoms with Crippen molar-refractivity contribution >= 4 is 15.9 Å². The first kappa shape index (κ1) is 14.8. The van der Waals surface area contributed by atoms with Crippen LogP contribution in [-0.4, -0.2) is 37.7 Å². The lowest BCUT2D eigenvalue weighted by atomic mass is 10.0. The maximum Gasteiger partial charge on any atom is 0.124 e. The smallest absolute Gasteiger partial charge is 0.124 e. The van der Waals surface area contributed by atoms with Crippen LogP contribution in [0, 0.1) is 0 Å². The van der Waals surface area contributed by atoms with Crippen molar-refractivity contribution in [2.75, 3.05) is 32.8 Å². The third kappa shape index (κ3) is 3.71. The van der Waals surface area contributed by atoms with Crippen LogP contribution in [0.5, 0.6) is 5.75 Å². The minimum Gasteiger partial charge on any atom is -0.494 e. The molecular formula is C15H23BrN2O. The Morgan fingerprint density at radius 3 is 2.68 bits per heavy atom. The average molecular weight is 327 g/mol. The van der Waals surface area contributed by atoms with Crippen molar-refractivity contribution in [1.82, 2.24) is 10.2 Å². The van der Waals surface area contributed by atoms with Gasteiger partial charge in [-0.2, -0.15) is 0 Å². The van der Waals surface area contributed by atoms with Gasteiger partial charge in [0.2, 0.25) is 0 Å². The molecule has 0 bridgehead atoms. The molecule has 1 N–H and O–H groups in total. The van der Waals surface area contributed by atoms with Crippen molar-refractivity contribution in [3.05, 3.63) is 28.2 Å². The second kappa shape index (κ2) is 7.27. The molecule has 2 rings (SSSR count). The summed E-state index contributed by atoms with van der Waals surface area (Å²) in [6.07, 6.45) is 1.11. The van der Waals surface area contributed by atoms with Gasteiger partial charge in [-0.25, -0.2) is 0 Å². The molecule has 4 heteroatoms. The first-order chi connectivity index (χ1) is 9.26. The Morgan fingerprint density at radius 2 is 2.05 bits per heavy atom. The molecule has 0 aliphatic carbocycles. The Labute approximate surface area is 124 Å². The van der Waals surface area contributed by atoms with Crippen molar-refractivity contribution in [3.8, 4) is 5.75 Å². The summed E-state index contributed by atoms with van der Waals surface area (Å²) in [6.45, 7) is 9.38. The van der Waals surface area contributed by atoms with E-state index in [1.54, 1.807) is 0 Å². The van der Waals surface area contributed by atoms with Crippen molar-refractivity contribution < 1.29 is 4.74 Å². The summed E-state index contributed by atoms with van der Waals surface area (Å²) < 4.78 is 6.93. The van der Waals surface area contributed by atoms with Crippen molar-refractivity contribution in [2.24, 2.45) is 0 Å². The van der Waals surface area contributed by atoms with Crippen LogP contribution in [0.3, 0.4) is 0 Å². The highest BCUT2D eigenvalue weighted by Crippen LogP contribution is 2.34. The van der Waals surface area contributed by atoms with Crippen LogP contribution in [0.15, 0.2) is 22.7 Å².